The molecular formula is C15H20N4O. The molecule has 3 N–H and O–H groups in total. The van der Waals surface area contributed by atoms with E-state index in [-0.39, 0.29) is 0 Å². The molecule has 1 saturated heterocycles. The van der Waals surface area contributed by atoms with Gasteiger partial charge in [-0.15, -0.1) is 0 Å². The van der Waals surface area contributed by atoms with E-state index in [0.29, 0.717) is 12.3 Å². The minimum atomic E-state index is 0.679. The summed E-state index contributed by atoms with van der Waals surface area (Å²) in [7, 11) is 0. The van der Waals surface area contributed by atoms with Crippen LogP contribution in [0.3, 0.4) is 0 Å². The van der Waals surface area contributed by atoms with Crippen LogP contribution in [0.15, 0.2) is 30.6 Å². The number of hydrogen-bond acceptors (Lipinski definition) is 4. The molecule has 5 nitrogen and oxygen atoms in total. The van der Waals surface area contributed by atoms with Crippen molar-refractivity contribution < 1.29 is 4.74 Å². The van der Waals surface area contributed by atoms with E-state index < -0.39 is 0 Å². The lowest BCUT2D eigenvalue weighted by molar-refractivity contribution is 0.238. The molecule has 20 heavy (non-hydrogen) atoms. The molecule has 0 unspecified atom stereocenters. The molecule has 0 spiro atoms. The number of H-pyrrole nitrogens is 1. The maximum Gasteiger partial charge on any atom is 0.142 e. The summed E-state index contributed by atoms with van der Waals surface area (Å²) >= 11 is 0. The third-order valence-corrected chi connectivity index (χ3v) is 3.71. The molecule has 1 aliphatic heterocycles. The smallest absolute Gasteiger partial charge is 0.142 e. The second kappa shape index (κ2) is 5.96. The van der Waals surface area contributed by atoms with Crippen molar-refractivity contribution >= 4 is 5.69 Å². The molecule has 0 radical (unpaired) electrons. The van der Waals surface area contributed by atoms with Crippen molar-refractivity contribution in [3.05, 3.63) is 30.6 Å². The molecule has 0 bridgehead atoms. The summed E-state index contributed by atoms with van der Waals surface area (Å²) in [6, 6.07) is 5.84. The van der Waals surface area contributed by atoms with Crippen LogP contribution in [0, 0.1) is 0 Å². The quantitative estimate of drug-likeness (QED) is 0.818. The van der Waals surface area contributed by atoms with Crippen molar-refractivity contribution in [3.8, 4) is 16.9 Å². The summed E-state index contributed by atoms with van der Waals surface area (Å²) in [6.07, 6.45) is 6.26. The Morgan fingerprint density at radius 1 is 1.25 bits per heavy atom. The molecule has 3 rings (SSSR count). The zero-order chi connectivity index (χ0) is 13.8. The minimum Gasteiger partial charge on any atom is -0.490 e. The van der Waals surface area contributed by atoms with E-state index in [2.05, 4.69) is 15.1 Å². The van der Waals surface area contributed by atoms with Gasteiger partial charge in [0.05, 0.1) is 11.9 Å². The van der Waals surface area contributed by atoms with Gasteiger partial charge in [0.2, 0.25) is 0 Å². The highest BCUT2D eigenvalue weighted by molar-refractivity contribution is 5.68. The normalized spacial score (nSPS) is 15.6. The number of ether oxygens (including phenoxy) is 1. The lowest BCUT2D eigenvalue weighted by Gasteiger charge is -2.16. The van der Waals surface area contributed by atoms with Crippen LogP contribution in [0.1, 0.15) is 12.8 Å². The highest BCUT2D eigenvalue weighted by Gasteiger charge is 2.11. The van der Waals surface area contributed by atoms with E-state index in [1.165, 1.54) is 25.9 Å². The van der Waals surface area contributed by atoms with Gasteiger partial charge in [0, 0.05) is 18.3 Å². The van der Waals surface area contributed by atoms with Crippen molar-refractivity contribution in [2.75, 3.05) is 32.0 Å². The molecule has 0 aliphatic carbocycles. The summed E-state index contributed by atoms with van der Waals surface area (Å²) in [5, 5.41) is 6.78. The first-order valence-electron chi connectivity index (χ1n) is 7.07. The first-order chi connectivity index (χ1) is 9.83. The van der Waals surface area contributed by atoms with Crippen molar-refractivity contribution in [3.63, 3.8) is 0 Å². The van der Waals surface area contributed by atoms with Gasteiger partial charge in [-0.25, -0.2) is 0 Å². The molecule has 5 heteroatoms. The number of rotatable bonds is 5. The second-order valence-corrected chi connectivity index (χ2v) is 5.14. The molecule has 0 saturated carbocycles. The Morgan fingerprint density at radius 2 is 2.10 bits per heavy atom. The number of nitrogens with zero attached hydrogens (tertiary/aromatic N) is 2. The Morgan fingerprint density at radius 3 is 2.85 bits per heavy atom. The maximum atomic E-state index is 5.98. The van der Waals surface area contributed by atoms with Crippen LogP contribution in [0.25, 0.3) is 11.1 Å². The molecule has 2 heterocycles. The first kappa shape index (κ1) is 13.0. The molecular weight excluding hydrogens is 252 g/mol. The highest BCUT2D eigenvalue weighted by atomic mass is 16.5. The number of benzene rings is 1. The molecule has 1 fully saturated rings. The second-order valence-electron chi connectivity index (χ2n) is 5.14. The van der Waals surface area contributed by atoms with Crippen molar-refractivity contribution in [2.24, 2.45) is 0 Å². The Hall–Kier alpha value is -2.01. The standard InChI is InChI=1S/C15H20N4O/c16-14-4-3-12(13-10-17-18-11-13)9-15(14)20-8-7-19-5-1-2-6-19/h3-4,9-11H,1-2,5-8,16H2,(H,17,18). The number of anilines is 1. The Balaban J connectivity index is 1.64. The minimum absolute atomic E-state index is 0.679. The van der Waals surface area contributed by atoms with Crippen LogP contribution in [-0.2, 0) is 0 Å². The molecule has 1 aromatic heterocycles. The van der Waals surface area contributed by atoms with Gasteiger partial charge in [0.25, 0.3) is 0 Å². The van der Waals surface area contributed by atoms with Gasteiger partial charge in [-0.05, 0) is 43.6 Å². The van der Waals surface area contributed by atoms with Gasteiger partial charge in [-0.1, -0.05) is 6.07 Å². The van der Waals surface area contributed by atoms with E-state index in [1.807, 2.05) is 24.4 Å². The van der Waals surface area contributed by atoms with Gasteiger partial charge < -0.3 is 10.5 Å². The van der Waals surface area contributed by atoms with Gasteiger partial charge in [-0.2, -0.15) is 5.10 Å². The number of nitrogen functional groups attached to an aromatic ring is 1. The number of nitrogens with two attached hydrogens (primary N) is 1. The zero-order valence-corrected chi connectivity index (χ0v) is 11.5. The third-order valence-electron chi connectivity index (χ3n) is 3.71. The lowest BCUT2D eigenvalue weighted by atomic mass is 10.1. The number of likely N-dealkylation sites (tertiary alicyclic amines) is 1. The molecule has 1 aromatic carbocycles. The van der Waals surface area contributed by atoms with Crippen LogP contribution < -0.4 is 10.5 Å². The van der Waals surface area contributed by atoms with Gasteiger partial charge in [0.1, 0.15) is 12.4 Å². The summed E-state index contributed by atoms with van der Waals surface area (Å²) < 4.78 is 5.84. The van der Waals surface area contributed by atoms with Crippen LogP contribution in [0.2, 0.25) is 0 Å². The number of aromatic nitrogens is 2. The van der Waals surface area contributed by atoms with Crippen LogP contribution in [0.4, 0.5) is 5.69 Å². The predicted octanol–water partition coefficient (Wildman–Crippen LogP) is 2.13. The Bertz CT molecular complexity index is 547. The van der Waals surface area contributed by atoms with Crippen molar-refractivity contribution in [1.29, 1.82) is 0 Å². The van der Waals surface area contributed by atoms with Crippen LogP contribution in [0.5, 0.6) is 5.75 Å². The third kappa shape index (κ3) is 2.93. The summed E-state index contributed by atoms with van der Waals surface area (Å²) in [5.74, 6) is 0.753. The van der Waals surface area contributed by atoms with Crippen molar-refractivity contribution in [2.45, 2.75) is 12.8 Å². The SMILES string of the molecule is Nc1ccc(-c2cn[nH]c2)cc1OCCN1CCCC1. The number of hydrogen-bond donors (Lipinski definition) is 2. The average Bonchev–Trinajstić information content (AvgIpc) is 3.13. The number of nitrogens with one attached hydrogen (secondary N) is 1. The summed E-state index contributed by atoms with van der Waals surface area (Å²) in [4.78, 5) is 2.43. The predicted molar refractivity (Wildman–Crippen MR) is 79.6 cm³/mol. The lowest BCUT2D eigenvalue weighted by Crippen LogP contribution is -2.25. The van der Waals surface area contributed by atoms with E-state index in [0.717, 1.165) is 23.4 Å². The van der Waals surface area contributed by atoms with Crippen LogP contribution in [-0.4, -0.2) is 41.3 Å². The van der Waals surface area contributed by atoms with E-state index >= 15 is 0 Å². The van der Waals surface area contributed by atoms with E-state index in [9.17, 15) is 0 Å². The fourth-order valence-corrected chi connectivity index (χ4v) is 2.54. The molecule has 1 aliphatic rings. The fraction of sp³-hybridized carbons (Fsp3) is 0.400. The maximum absolute atomic E-state index is 5.98. The van der Waals surface area contributed by atoms with Crippen LogP contribution >= 0.6 is 0 Å². The van der Waals surface area contributed by atoms with Gasteiger partial charge in [-0.3, -0.25) is 10.00 Å². The van der Waals surface area contributed by atoms with Gasteiger partial charge in [0.15, 0.2) is 0 Å². The van der Waals surface area contributed by atoms with Gasteiger partial charge >= 0.3 is 0 Å². The fourth-order valence-electron chi connectivity index (χ4n) is 2.54. The number of aromatic amines is 1. The Kier molecular flexibility index (Phi) is 3.87. The summed E-state index contributed by atoms with van der Waals surface area (Å²) in [6.45, 7) is 4.02. The first-order valence-corrected chi connectivity index (χ1v) is 7.07. The molecule has 0 amide bonds. The van der Waals surface area contributed by atoms with Crippen molar-refractivity contribution in [1.82, 2.24) is 15.1 Å². The molecule has 0 atom stereocenters. The highest BCUT2D eigenvalue weighted by Crippen LogP contribution is 2.28. The summed E-state index contributed by atoms with van der Waals surface area (Å²) in [5.41, 5.74) is 8.75. The monoisotopic (exact) mass is 272 g/mol. The topological polar surface area (TPSA) is 67.2 Å². The molecule has 2 aromatic rings. The average molecular weight is 272 g/mol. The molecule has 106 valence electrons. The largest absolute Gasteiger partial charge is 0.490 e. The Labute approximate surface area is 118 Å². The van der Waals surface area contributed by atoms with E-state index in [4.69, 9.17) is 10.5 Å². The zero-order valence-electron chi connectivity index (χ0n) is 11.5. The van der Waals surface area contributed by atoms with E-state index in [1.54, 1.807) is 6.20 Å².